The molecule has 7 nitrogen and oxygen atoms in total. The fourth-order valence-corrected chi connectivity index (χ4v) is 3.18. The fraction of sp³-hybridized carbons (Fsp3) is 0.263. The van der Waals surface area contributed by atoms with E-state index in [1.54, 1.807) is 26.7 Å². The Morgan fingerprint density at radius 2 is 1.56 bits per heavy atom. The summed E-state index contributed by atoms with van der Waals surface area (Å²) < 4.78 is 14.6. The fourth-order valence-electron chi connectivity index (χ4n) is 3.18. The monoisotopic (exact) mass is 367 g/mol. The summed E-state index contributed by atoms with van der Waals surface area (Å²) in [5, 5.41) is 4.28. The van der Waals surface area contributed by atoms with Gasteiger partial charge in [0, 0.05) is 50.2 Å². The molecule has 2 amide bonds. The van der Waals surface area contributed by atoms with Crippen LogP contribution >= 0.6 is 0 Å². The van der Waals surface area contributed by atoms with Crippen molar-refractivity contribution in [3.8, 4) is 0 Å². The molecule has 27 heavy (non-hydrogen) atoms. The number of nitrogens with zero attached hydrogens (tertiary/aromatic N) is 5. The van der Waals surface area contributed by atoms with Gasteiger partial charge in [-0.1, -0.05) is 0 Å². The van der Waals surface area contributed by atoms with Gasteiger partial charge in [0.05, 0.1) is 11.3 Å². The summed E-state index contributed by atoms with van der Waals surface area (Å²) in [6.45, 7) is 3.59. The summed E-state index contributed by atoms with van der Waals surface area (Å²) in [7, 11) is 0. The van der Waals surface area contributed by atoms with E-state index in [-0.39, 0.29) is 17.6 Å². The van der Waals surface area contributed by atoms with Crippen molar-refractivity contribution in [3.63, 3.8) is 0 Å². The van der Waals surface area contributed by atoms with Crippen LogP contribution in [-0.2, 0) is 0 Å². The molecule has 0 unspecified atom stereocenters. The maximum Gasteiger partial charge on any atom is 0.257 e. The highest BCUT2D eigenvalue weighted by atomic mass is 19.1. The first-order chi connectivity index (χ1) is 13.0. The molecule has 1 fully saturated rings. The Kier molecular flexibility index (Phi) is 4.31. The van der Waals surface area contributed by atoms with Crippen LogP contribution in [0.4, 0.5) is 4.39 Å². The minimum Gasteiger partial charge on any atom is -0.335 e. The molecule has 1 saturated heterocycles. The maximum atomic E-state index is 13.0. The van der Waals surface area contributed by atoms with E-state index in [0.717, 1.165) is 5.69 Å². The lowest BCUT2D eigenvalue weighted by Gasteiger charge is -2.34. The zero-order chi connectivity index (χ0) is 19.0. The second kappa shape index (κ2) is 6.79. The van der Waals surface area contributed by atoms with Gasteiger partial charge in [0.2, 0.25) is 0 Å². The van der Waals surface area contributed by atoms with Gasteiger partial charge in [0.25, 0.3) is 11.8 Å². The molecule has 1 aliphatic rings. The molecule has 4 rings (SSSR count). The van der Waals surface area contributed by atoms with Crippen molar-refractivity contribution in [1.82, 2.24) is 24.4 Å². The lowest BCUT2D eigenvalue weighted by atomic mass is 10.1. The number of aromatic nitrogens is 3. The van der Waals surface area contributed by atoms with Crippen molar-refractivity contribution in [2.24, 2.45) is 0 Å². The minimum absolute atomic E-state index is 0.133. The van der Waals surface area contributed by atoms with E-state index >= 15 is 0 Å². The Morgan fingerprint density at radius 3 is 2.19 bits per heavy atom. The van der Waals surface area contributed by atoms with Gasteiger partial charge in [-0.3, -0.25) is 9.59 Å². The Balaban J connectivity index is 1.42. The highest BCUT2D eigenvalue weighted by Gasteiger charge is 2.26. The molecule has 3 aromatic rings. The number of fused-ring (bicyclic) bond motifs is 1. The first-order valence-corrected chi connectivity index (χ1v) is 8.67. The molecule has 1 aromatic carbocycles. The van der Waals surface area contributed by atoms with Crippen LogP contribution in [0.1, 0.15) is 26.4 Å². The molecule has 0 bridgehead atoms. The number of carbonyl (C=O) groups is 2. The summed E-state index contributed by atoms with van der Waals surface area (Å²) in [6.07, 6.45) is 3.22. The largest absolute Gasteiger partial charge is 0.335 e. The van der Waals surface area contributed by atoms with E-state index in [4.69, 9.17) is 0 Å². The number of rotatable bonds is 2. The highest BCUT2D eigenvalue weighted by Crippen LogP contribution is 2.13. The van der Waals surface area contributed by atoms with Gasteiger partial charge in [-0.15, -0.1) is 0 Å². The first kappa shape index (κ1) is 17.1. The number of hydrogen-bond donors (Lipinski definition) is 0. The normalized spacial score (nSPS) is 14.6. The molecular formula is C19H18FN5O2. The van der Waals surface area contributed by atoms with Gasteiger partial charge in [-0.2, -0.15) is 5.10 Å². The van der Waals surface area contributed by atoms with Crippen LogP contribution < -0.4 is 0 Å². The summed E-state index contributed by atoms with van der Waals surface area (Å²) in [5.41, 5.74) is 2.43. The smallest absolute Gasteiger partial charge is 0.257 e. The number of piperazine rings is 1. The molecule has 1 aliphatic heterocycles. The van der Waals surface area contributed by atoms with Crippen LogP contribution in [0.3, 0.4) is 0 Å². The van der Waals surface area contributed by atoms with Crippen molar-refractivity contribution in [1.29, 1.82) is 0 Å². The molecule has 0 spiro atoms. The number of halogens is 1. The number of benzene rings is 1. The summed E-state index contributed by atoms with van der Waals surface area (Å²) in [6, 6.07) is 7.33. The van der Waals surface area contributed by atoms with Crippen LogP contribution in [0, 0.1) is 12.7 Å². The summed E-state index contributed by atoms with van der Waals surface area (Å²) in [4.78, 5) is 32.9. The summed E-state index contributed by atoms with van der Waals surface area (Å²) in [5.74, 6) is -0.663. The van der Waals surface area contributed by atoms with E-state index in [9.17, 15) is 14.0 Å². The third-order valence-electron chi connectivity index (χ3n) is 4.63. The minimum atomic E-state index is -0.375. The summed E-state index contributed by atoms with van der Waals surface area (Å²) >= 11 is 0. The molecular weight excluding hydrogens is 349 g/mol. The Hall–Kier alpha value is -3.29. The van der Waals surface area contributed by atoms with Crippen LogP contribution in [0.15, 0.2) is 42.7 Å². The van der Waals surface area contributed by atoms with Crippen molar-refractivity contribution in [2.75, 3.05) is 26.2 Å². The lowest BCUT2D eigenvalue weighted by Crippen LogP contribution is -2.50. The van der Waals surface area contributed by atoms with Crippen LogP contribution in [0.25, 0.3) is 5.65 Å². The van der Waals surface area contributed by atoms with Crippen molar-refractivity contribution in [3.05, 3.63) is 65.4 Å². The van der Waals surface area contributed by atoms with Crippen molar-refractivity contribution in [2.45, 2.75) is 6.92 Å². The topological polar surface area (TPSA) is 70.8 Å². The molecule has 8 heteroatoms. The average Bonchev–Trinajstić information content (AvgIpc) is 3.07. The van der Waals surface area contributed by atoms with Crippen molar-refractivity contribution >= 4 is 17.5 Å². The molecule has 0 saturated carbocycles. The van der Waals surface area contributed by atoms with E-state index in [2.05, 4.69) is 10.1 Å². The van der Waals surface area contributed by atoms with Gasteiger partial charge in [-0.05, 0) is 31.2 Å². The maximum absolute atomic E-state index is 13.0. The number of aryl methyl sites for hydroxylation is 1. The van der Waals surface area contributed by atoms with E-state index in [1.165, 1.54) is 24.3 Å². The lowest BCUT2D eigenvalue weighted by molar-refractivity contribution is 0.0535. The third kappa shape index (κ3) is 3.38. The standard InChI is InChI=1S/C19H18FN5O2/c1-13-10-17-21-11-15(12-25(17)22-13)19(27)24-8-6-23(7-9-24)18(26)14-2-4-16(20)5-3-14/h2-5,10-12H,6-9H2,1H3. The van der Waals surface area contributed by atoms with Crippen molar-refractivity contribution < 1.29 is 14.0 Å². The van der Waals surface area contributed by atoms with E-state index in [0.29, 0.717) is 43.0 Å². The molecule has 0 atom stereocenters. The highest BCUT2D eigenvalue weighted by molar-refractivity contribution is 5.95. The second-order valence-corrected chi connectivity index (χ2v) is 6.52. The van der Waals surface area contributed by atoms with Gasteiger partial charge < -0.3 is 9.80 Å². The van der Waals surface area contributed by atoms with E-state index in [1.807, 2.05) is 13.0 Å². The average molecular weight is 367 g/mol. The first-order valence-electron chi connectivity index (χ1n) is 8.67. The van der Waals surface area contributed by atoms with Gasteiger partial charge in [0.15, 0.2) is 5.65 Å². The molecule has 0 N–H and O–H groups in total. The van der Waals surface area contributed by atoms with Gasteiger partial charge >= 0.3 is 0 Å². The number of amides is 2. The molecule has 0 aliphatic carbocycles. The Morgan fingerprint density at radius 1 is 0.963 bits per heavy atom. The second-order valence-electron chi connectivity index (χ2n) is 6.52. The predicted molar refractivity (Wildman–Crippen MR) is 95.9 cm³/mol. The molecule has 138 valence electrons. The molecule has 3 heterocycles. The third-order valence-corrected chi connectivity index (χ3v) is 4.63. The quantitative estimate of drug-likeness (QED) is 0.692. The number of carbonyl (C=O) groups excluding carboxylic acids is 2. The molecule has 2 aromatic heterocycles. The Bertz CT molecular complexity index is 1010. The predicted octanol–water partition coefficient (Wildman–Crippen LogP) is 1.78. The molecule has 0 radical (unpaired) electrons. The zero-order valence-electron chi connectivity index (χ0n) is 14.8. The SMILES string of the molecule is Cc1cc2ncc(C(=O)N3CCN(C(=O)c4ccc(F)cc4)CC3)cn2n1. The number of hydrogen-bond acceptors (Lipinski definition) is 4. The van der Waals surface area contributed by atoms with E-state index < -0.39 is 0 Å². The van der Waals surface area contributed by atoms with Crippen LogP contribution in [-0.4, -0.2) is 62.4 Å². The van der Waals surface area contributed by atoms with Gasteiger partial charge in [0.1, 0.15) is 5.82 Å². The Labute approximate surface area is 155 Å². The van der Waals surface area contributed by atoms with Crippen LogP contribution in [0.2, 0.25) is 0 Å². The van der Waals surface area contributed by atoms with Gasteiger partial charge in [-0.25, -0.2) is 13.9 Å². The van der Waals surface area contributed by atoms with Crippen LogP contribution in [0.5, 0.6) is 0 Å². The zero-order valence-corrected chi connectivity index (χ0v) is 14.8.